The van der Waals surface area contributed by atoms with Crippen LogP contribution in [0.4, 0.5) is 0 Å². The van der Waals surface area contributed by atoms with Crippen LogP contribution in [0.1, 0.15) is 25.8 Å². The Morgan fingerprint density at radius 1 is 1.31 bits per heavy atom. The van der Waals surface area contributed by atoms with Crippen molar-refractivity contribution < 1.29 is 4.21 Å². The minimum Gasteiger partial charge on any atom is -0.254 e. The molecule has 1 atom stereocenters. The maximum Gasteiger partial charge on any atom is 0.0589 e. The lowest BCUT2D eigenvalue weighted by atomic mass is 10.0. The van der Waals surface area contributed by atoms with E-state index in [1.54, 1.807) is 0 Å². The highest BCUT2D eigenvalue weighted by Gasteiger charge is 2.32. The van der Waals surface area contributed by atoms with Gasteiger partial charge in [-0.15, -0.1) is 0 Å². The molecule has 1 aromatic rings. The molecule has 1 heterocycles. The fraction of sp³-hybridized carbons (Fsp3) is 0.455. The predicted molar refractivity (Wildman–Crippen MR) is 55.3 cm³/mol. The van der Waals surface area contributed by atoms with Crippen LogP contribution in [0.5, 0.6) is 0 Å². The molecule has 0 aliphatic carbocycles. The maximum atomic E-state index is 12.0. The van der Waals surface area contributed by atoms with Gasteiger partial charge in [0.25, 0.3) is 0 Å². The Morgan fingerprint density at radius 2 is 2.00 bits per heavy atom. The third kappa shape index (κ3) is 1.44. The molecule has 0 spiro atoms. The lowest BCUT2D eigenvalue weighted by Crippen LogP contribution is -2.31. The Kier molecular flexibility index (Phi) is 2.03. The van der Waals surface area contributed by atoms with E-state index in [4.69, 9.17) is 0 Å². The second-order valence-electron chi connectivity index (χ2n) is 4.14. The quantitative estimate of drug-likeness (QED) is 0.620. The summed E-state index contributed by atoms with van der Waals surface area (Å²) < 4.78 is 12.0. The van der Waals surface area contributed by atoms with Crippen molar-refractivity contribution in [3.05, 3.63) is 29.8 Å². The van der Waals surface area contributed by atoms with Gasteiger partial charge in [0.15, 0.2) is 0 Å². The standard InChI is InChI=1S/C11H14OS/c1-11(2)8-7-9-5-3-4-6-10(9)13(11)12/h3-6H,7-8H2,1-2H3. The predicted octanol–water partition coefficient (Wildman–Crippen LogP) is 2.52. The number of rotatable bonds is 0. The molecule has 0 radical (unpaired) electrons. The van der Waals surface area contributed by atoms with Crippen molar-refractivity contribution in [2.75, 3.05) is 0 Å². The van der Waals surface area contributed by atoms with Crippen molar-refractivity contribution in [1.29, 1.82) is 0 Å². The SMILES string of the molecule is CC1(C)CCc2ccccc2S1=O. The third-order valence-corrected chi connectivity index (χ3v) is 4.68. The van der Waals surface area contributed by atoms with E-state index in [-0.39, 0.29) is 4.75 Å². The number of hydrogen-bond acceptors (Lipinski definition) is 1. The van der Waals surface area contributed by atoms with Gasteiger partial charge in [0, 0.05) is 9.64 Å². The fourth-order valence-corrected chi connectivity index (χ4v) is 3.21. The molecule has 0 saturated carbocycles. The van der Waals surface area contributed by atoms with Crippen molar-refractivity contribution in [3.8, 4) is 0 Å². The Balaban J connectivity index is 2.52. The van der Waals surface area contributed by atoms with Gasteiger partial charge in [-0.2, -0.15) is 0 Å². The van der Waals surface area contributed by atoms with E-state index in [2.05, 4.69) is 19.9 Å². The van der Waals surface area contributed by atoms with Crippen LogP contribution in [0.2, 0.25) is 0 Å². The molecule has 70 valence electrons. The van der Waals surface area contributed by atoms with E-state index in [9.17, 15) is 4.21 Å². The second kappa shape index (κ2) is 2.95. The average molecular weight is 194 g/mol. The Hall–Kier alpha value is -0.630. The van der Waals surface area contributed by atoms with Crippen LogP contribution < -0.4 is 0 Å². The van der Waals surface area contributed by atoms with Gasteiger partial charge in [-0.25, -0.2) is 0 Å². The van der Waals surface area contributed by atoms with E-state index in [0.29, 0.717) is 0 Å². The average Bonchev–Trinajstić information content (AvgIpc) is 2.13. The first-order chi connectivity index (χ1) is 6.11. The summed E-state index contributed by atoms with van der Waals surface area (Å²) in [7, 11) is -0.825. The highest BCUT2D eigenvalue weighted by Crippen LogP contribution is 2.33. The van der Waals surface area contributed by atoms with Crippen LogP contribution in [-0.2, 0) is 17.2 Å². The molecule has 1 unspecified atom stereocenters. The number of aryl methyl sites for hydroxylation is 1. The normalized spacial score (nSPS) is 25.2. The third-order valence-electron chi connectivity index (χ3n) is 2.67. The van der Waals surface area contributed by atoms with Gasteiger partial charge >= 0.3 is 0 Å². The molecule has 2 rings (SSSR count). The van der Waals surface area contributed by atoms with Gasteiger partial charge in [-0.05, 0) is 38.3 Å². The van der Waals surface area contributed by atoms with Crippen LogP contribution >= 0.6 is 0 Å². The van der Waals surface area contributed by atoms with Gasteiger partial charge in [-0.1, -0.05) is 18.2 Å². The first-order valence-electron chi connectivity index (χ1n) is 4.61. The van der Waals surface area contributed by atoms with Crippen molar-refractivity contribution in [1.82, 2.24) is 0 Å². The second-order valence-corrected chi connectivity index (χ2v) is 6.22. The molecule has 0 amide bonds. The van der Waals surface area contributed by atoms with Gasteiger partial charge in [0.2, 0.25) is 0 Å². The van der Waals surface area contributed by atoms with Crippen molar-refractivity contribution in [2.24, 2.45) is 0 Å². The fourth-order valence-electron chi connectivity index (χ4n) is 1.72. The summed E-state index contributed by atoms with van der Waals surface area (Å²) in [5, 5.41) is 0. The lowest BCUT2D eigenvalue weighted by molar-refractivity contribution is 0.572. The molecule has 1 aliphatic rings. The molecule has 0 bridgehead atoms. The molecule has 0 saturated heterocycles. The molecule has 1 aliphatic heterocycles. The summed E-state index contributed by atoms with van der Waals surface area (Å²) in [6, 6.07) is 8.07. The molecule has 0 N–H and O–H groups in total. The summed E-state index contributed by atoms with van der Waals surface area (Å²) in [5.41, 5.74) is 1.26. The van der Waals surface area contributed by atoms with Gasteiger partial charge in [-0.3, -0.25) is 4.21 Å². The van der Waals surface area contributed by atoms with Crippen LogP contribution in [-0.4, -0.2) is 8.96 Å². The van der Waals surface area contributed by atoms with Crippen molar-refractivity contribution in [3.63, 3.8) is 0 Å². The summed E-state index contributed by atoms with van der Waals surface area (Å²) in [6.07, 6.45) is 2.09. The van der Waals surface area contributed by atoms with Crippen LogP contribution in [0.3, 0.4) is 0 Å². The van der Waals surface area contributed by atoms with E-state index in [1.165, 1.54) is 5.56 Å². The molecular formula is C11H14OS. The smallest absolute Gasteiger partial charge is 0.0589 e. The van der Waals surface area contributed by atoms with E-state index in [0.717, 1.165) is 17.7 Å². The highest BCUT2D eigenvalue weighted by atomic mass is 32.2. The Bertz CT molecular complexity index is 355. The summed E-state index contributed by atoms with van der Waals surface area (Å²) in [4.78, 5) is 1.04. The largest absolute Gasteiger partial charge is 0.254 e. The Morgan fingerprint density at radius 3 is 2.77 bits per heavy atom. The number of benzene rings is 1. The topological polar surface area (TPSA) is 17.1 Å². The molecular weight excluding hydrogens is 180 g/mol. The zero-order valence-corrected chi connectivity index (χ0v) is 8.86. The van der Waals surface area contributed by atoms with Gasteiger partial charge in [0.1, 0.15) is 0 Å². The molecule has 13 heavy (non-hydrogen) atoms. The Labute approximate surface area is 81.6 Å². The first-order valence-corrected chi connectivity index (χ1v) is 5.76. The van der Waals surface area contributed by atoms with Crippen LogP contribution in [0.15, 0.2) is 29.2 Å². The molecule has 1 nitrogen and oxygen atoms in total. The minimum absolute atomic E-state index is 0.0473. The molecule has 1 aromatic carbocycles. The van der Waals surface area contributed by atoms with Crippen molar-refractivity contribution in [2.45, 2.75) is 36.3 Å². The highest BCUT2D eigenvalue weighted by molar-refractivity contribution is 7.86. The lowest BCUT2D eigenvalue weighted by Gasteiger charge is -2.30. The zero-order valence-electron chi connectivity index (χ0n) is 8.04. The summed E-state index contributed by atoms with van der Waals surface area (Å²) in [5.74, 6) is 0. The zero-order chi connectivity index (χ0) is 9.47. The summed E-state index contributed by atoms with van der Waals surface area (Å²) >= 11 is 0. The monoisotopic (exact) mass is 194 g/mol. The van der Waals surface area contributed by atoms with Crippen LogP contribution in [0, 0.1) is 0 Å². The summed E-state index contributed by atoms with van der Waals surface area (Å²) in [6.45, 7) is 4.16. The van der Waals surface area contributed by atoms with E-state index in [1.807, 2.05) is 18.2 Å². The number of fused-ring (bicyclic) bond motifs is 1. The minimum atomic E-state index is -0.825. The van der Waals surface area contributed by atoms with Crippen LogP contribution in [0.25, 0.3) is 0 Å². The molecule has 2 heteroatoms. The first kappa shape index (κ1) is 8.95. The van der Waals surface area contributed by atoms with Gasteiger partial charge in [0.05, 0.1) is 10.8 Å². The van der Waals surface area contributed by atoms with Gasteiger partial charge < -0.3 is 0 Å². The van der Waals surface area contributed by atoms with E-state index < -0.39 is 10.8 Å². The van der Waals surface area contributed by atoms with Crippen molar-refractivity contribution >= 4 is 10.8 Å². The molecule has 0 aromatic heterocycles. The molecule has 0 fully saturated rings. The number of hydrogen-bond donors (Lipinski definition) is 0. The van der Waals surface area contributed by atoms with E-state index >= 15 is 0 Å². The maximum absolute atomic E-state index is 12.0.